The Morgan fingerprint density at radius 2 is 2.26 bits per heavy atom. The molecule has 1 aliphatic heterocycles. The molecule has 1 aliphatic rings. The first-order chi connectivity index (χ1) is 9.02. The van der Waals surface area contributed by atoms with Crippen LogP contribution in [0.3, 0.4) is 0 Å². The minimum absolute atomic E-state index is 0.0375. The van der Waals surface area contributed by atoms with Gasteiger partial charge in [0.15, 0.2) is 18.1 Å². The summed E-state index contributed by atoms with van der Waals surface area (Å²) in [5.74, 6) is -0.273. The first-order valence-electron chi connectivity index (χ1n) is 5.55. The van der Waals surface area contributed by atoms with Gasteiger partial charge in [0.2, 0.25) is 0 Å². The van der Waals surface area contributed by atoms with E-state index in [0.29, 0.717) is 22.7 Å². The van der Waals surface area contributed by atoms with E-state index < -0.39 is 5.97 Å². The van der Waals surface area contributed by atoms with E-state index >= 15 is 0 Å². The lowest BCUT2D eigenvalue weighted by molar-refractivity contribution is -0.131. The highest BCUT2D eigenvalue weighted by Crippen LogP contribution is 2.41. The van der Waals surface area contributed by atoms with Crippen LogP contribution >= 0.6 is 0 Å². The lowest BCUT2D eigenvalue weighted by Crippen LogP contribution is -2.35. The second-order valence-electron chi connectivity index (χ2n) is 3.98. The van der Waals surface area contributed by atoms with Crippen LogP contribution in [0.1, 0.15) is 5.56 Å². The minimum Gasteiger partial charge on any atom is -0.493 e. The molecule has 1 aromatic carbocycles. The average Bonchev–Trinajstić information content (AvgIpc) is 2.40. The van der Waals surface area contributed by atoms with E-state index in [1.807, 2.05) is 0 Å². The van der Waals surface area contributed by atoms with Crippen molar-refractivity contribution >= 4 is 23.6 Å². The van der Waals surface area contributed by atoms with Crippen molar-refractivity contribution in [2.45, 2.75) is 0 Å². The van der Waals surface area contributed by atoms with Gasteiger partial charge in [0, 0.05) is 13.1 Å². The largest absolute Gasteiger partial charge is 0.493 e. The van der Waals surface area contributed by atoms with Crippen LogP contribution in [0.15, 0.2) is 18.2 Å². The molecule has 6 nitrogen and oxygen atoms in total. The summed E-state index contributed by atoms with van der Waals surface area (Å²) < 4.78 is 10.6. The first-order valence-corrected chi connectivity index (χ1v) is 5.55. The monoisotopic (exact) mass is 263 g/mol. The third kappa shape index (κ3) is 2.52. The van der Waals surface area contributed by atoms with E-state index in [-0.39, 0.29) is 12.5 Å². The van der Waals surface area contributed by atoms with Gasteiger partial charge in [-0.15, -0.1) is 0 Å². The average molecular weight is 263 g/mol. The summed E-state index contributed by atoms with van der Waals surface area (Å²) in [6.07, 6.45) is 2.45. The summed E-state index contributed by atoms with van der Waals surface area (Å²) in [7, 11) is 3.12. The highest BCUT2D eigenvalue weighted by molar-refractivity contribution is 5.98. The Labute approximate surface area is 109 Å². The molecule has 100 valence electrons. The topological polar surface area (TPSA) is 76.1 Å². The van der Waals surface area contributed by atoms with Crippen LogP contribution in [0.2, 0.25) is 0 Å². The molecule has 1 N–H and O–H groups in total. The summed E-state index contributed by atoms with van der Waals surface area (Å²) >= 11 is 0. The summed E-state index contributed by atoms with van der Waals surface area (Å²) in [6, 6.07) is 3.33. The second-order valence-corrected chi connectivity index (χ2v) is 3.98. The van der Waals surface area contributed by atoms with Crippen LogP contribution in [0.25, 0.3) is 6.08 Å². The molecule has 2 rings (SSSR count). The quantitative estimate of drug-likeness (QED) is 0.828. The third-order valence-electron chi connectivity index (χ3n) is 2.77. The van der Waals surface area contributed by atoms with Crippen molar-refractivity contribution in [2.75, 3.05) is 25.7 Å². The number of aliphatic carboxylic acids is 1. The van der Waals surface area contributed by atoms with Crippen LogP contribution in [0.4, 0.5) is 5.69 Å². The minimum atomic E-state index is -1.04. The molecule has 0 spiro atoms. The van der Waals surface area contributed by atoms with Crippen LogP contribution < -0.4 is 14.4 Å². The van der Waals surface area contributed by atoms with E-state index in [4.69, 9.17) is 14.6 Å². The molecule has 0 bridgehead atoms. The molecule has 6 heteroatoms. The molecule has 0 radical (unpaired) electrons. The molecule has 0 atom stereocenters. The van der Waals surface area contributed by atoms with Gasteiger partial charge in [-0.2, -0.15) is 0 Å². The predicted octanol–water partition coefficient (Wildman–Crippen LogP) is 1.15. The maximum Gasteiger partial charge on any atom is 0.328 e. The number of amides is 1. The van der Waals surface area contributed by atoms with Crippen LogP contribution in [-0.4, -0.2) is 37.7 Å². The zero-order valence-corrected chi connectivity index (χ0v) is 10.5. The van der Waals surface area contributed by atoms with Gasteiger partial charge in [-0.3, -0.25) is 4.79 Å². The van der Waals surface area contributed by atoms with Gasteiger partial charge < -0.3 is 19.5 Å². The maximum atomic E-state index is 11.6. The van der Waals surface area contributed by atoms with Crippen LogP contribution in [0, 0.1) is 0 Å². The Bertz CT molecular complexity index is 564. The normalized spacial score (nSPS) is 14.2. The van der Waals surface area contributed by atoms with E-state index in [1.165, 1.54) is 18.1 Å². The SMILES string of the molecule is COc1cc(/C=C/C(=O)O)cc2c1OCC(=O)N2C. The van der Waals surface area contributed by atoms with Crippen molar-refractivity contribution in [1.29, 1.82) is 0 Å². The molecule has 1 aromatic rings. The molecule has 1 heterocycles. The van der Waals surface area contributed by atoms with Crippen molar-refractivity contribution in [1.82, 2.24) is 0 Å². The number of carbonyl (C=O) groups is 2. The number of hydrogen-bond acceptors (Lipinski definition) is 4. The van der Waals surface area contributed by atoms with E-state index in [1.54, 1.807) is 19.2 Å². The molecule has 0 saturated carbocycles. The highest BCUT2D eigenvalue weighted by atomic mass is 16.5. The number of fused-ring (bicyclic) bond motifs is 1. The van der Waals surface area contributed by atoms with Crippen molar-refractivity contribution in [3.05, 3.63) is 23.8 Å². The number of anilines is 1. The van der Waals surface area contributed by atoms with Gasteiger partial charge in [0.1, 0.15) is 0 Å². The number of hydrogen-bond donors (Lipinski definition) is 1. The van der Waals surface area contributed by atoms with E-state index in [9.17, 15) is 9.59 Å². The predicted molar refractivity (Wildman–Crippen MR) is 68.6 cm³/mol. The summed E-state index contributed by atoms with van der Waals surface area (Å²) in [4.78, 5) is 23.6. The fourth-order valence-electron chi connectivity index (χ4n) is 1.78. The first kappa shape index (κ1) is 12.9. The number of ether oxygens (including phenoxy) is 2. The Balaban J connectivity index is 2.50. The van der Waals surface area contributed by atoms with Gasteiger partial charge in [0.05, 0.1) is 12.8 Å². The van der Waals surface area contributed by atoms with Crippen molar-refractivity contribution in [3.8, 4) is 11.5 Å². The standard InChI is InChI=1S/C13H13NO5/c1-14-9-5-8(3-4-12(16)17)6-10(18-2)13(9)19-7-11(14)15/h3-6H,7H2,1-2H3,(H,16,17)/b4-3+. The molecule has 0 saturated heterocycles. The maximum absolute atomic E-state index is 11.6. The molecule has 0 aliphatic carbocycles. The van der Waals surface area contributed by atoms with E-state index in [0.717, 1.165) is 6.08 Å². The Hall–Kier alpha value is -2.50. The van der Waals surface area contributed by atoms with E-state index in [2.05, 4.69) is 0 Å². The summed E-state index contributed by atoms with van der Waals surface area (Å²) in [6.45, 7) is -0.0375. The fraction of sp³-hybridized carbons (Fsp3) is 0.231. The molecule has 0 fully saturated rings. The smallest absolute Gasteiger partial charge is 0.328 e. The molecular formula is C13H13NO5. The third-order valence-corrected chi connectivity index (χ3v) is 2.77. The Morgan fingerprint density at radius 3 is 2.89 bits per heavy atom. The lowest BCUT2D eigenvalue weighted by Gasteiger charge is -2.27. The second kappa shape index (κ2) is 5.01. The van der Waals surface area contributed by atoms with Crippen molar-refractivity contribution in [3.63, 3.8) is 0 Å². The summed E-state index contributed by atoms with van der Waals surface area (Å²) in [5.41, 5.74) is 1.17. The van der Waals surface area contributed by atoms with Crippen LogP contribution in [0.5, 0.6) is 11.5 Å². The van der Waals surface area contributed by atoms with Gasteiger partial charge in [0.25, 0.3) is 5.91 Å². The number of likely N-dealkylation sites (N-methyl/N-ethyl adjacent to an activating group) is 1. The Kier molecular flexibility index (Phi) is 3.41. The van der Waals surface area contributed by atoms with Crippen LogP contribution in [-0.2, 0) is 9.59 Å². The number of methoxy groups -OCH3 is 1. The van der Waals surface area contributed by atoms with Gasteiger partial charge in [-0.1, -0.05) is 0 Å². The summed E-state index contributed by atoms with van der Waals surface area (Å²) in [5, 5.41) is 8.63. The van der Waals surface area contributed by atoms with Crippen molar-refractivity contribution < 1.29 is 24.2 Å². The molecule has 0 aromatic heterocycles. The number of carbonyl (C=O) groups excluding carboxylic acids is 1. The molecule has 0 unspecified atom stereocenters. The molecule has 1 amide bonds. The Morgan fingerprint density at radius 1 is 1.53 bits per heavy atom. The number of carboxylic acid groups (broad SMARTS) is 1. The van der Waals surface area contributed by atoms with Gasteiger partial charge >= 0.3 is 5.97 Å². The number of rotatable bonds is 3. The number of benzene rings is 1. The number of carboxylic acids is 1. The highest BCUT2D eigenvalue weighted by Gasteiger charge is 2.25. The zero-order chi connectivity index (χ0) is 14.0. The van der Waals surface area contributed by atoms with Crippen molar-refractivity contribution in [2.24, 2.45) is 0 Å². The zero-order valence-electron chi connectivity index (χ0n) is 10.5. The van der Waals surface area contributed by atoms with Gasteiger partial charge in [-0.25, -0.2) is 4.79 Å². The fourth-order valence-corrected chi connectivity index (χ4v) is 1.78. The molecule has 19 heavy (non-hydrogen) atoms. The number of nitrogens with zero attached hydrogens (tertiary/aromatic N) is 1. The lowest BCUT2D eigenvalue weighted by atomic mass is 10.1. The van der Waals surface area contributed by atoms with Gasteiger partial charge in [-0.05, 0) is 23.8 Å². The molecular weight excluding hydrogens is 250 g/mol.